The maximum Gasteiger partial charge on any atom is 0.0554 e. The van der Waals surface area contributed by atoms with E-state index in [0.717, 1.165) is 28.2 Å². The van der Waals surface area contributed by atoms with Gasteiger partial charge >= 0.3 is 0 Å². The number of halogens is 2. The van der Waals surface area contributed by atoms with Crippen LogP contribution in [0.4, 0.5) is 17.1 Å². The zero-order valence-electron chi connectivity index (χ0n) is 20.2. The minimum Gasteiger partial charge on any atom is -0.310 e. The molecule has 1 aromatic heterocycles. The zero-order chi connectivity index (χ0) is 25.6. The summed E-state index contributed by atoms with van der Waals surface area (Å²) in [7, 11) is 0. The van der Waals surface area contributed by atoms with Crippen molar-refractivity contribution in [3.05, 3.63) is 137 Å². The maximum atomic E-state index is 6.35. The van der Waals surface area contributed by atoms with E-state index in [1.807, 2.05) is 23.5 Å². The highest BCUT2D eigenvalue weighted by Gasteiger charge is 2.19. The summed E-state index contributed by atoms with van der Waals surface area (Å²) in [6.45, 7) is 0. The largest absolute Gasteiger partial charge is 0.310 e. The number of hydrogen-bond donors (Lipinski definition) is 0. The van der Waals surface area contributed by atoms with E-state index in [2.05, 4.69) is 114 Å². The van der Waals surface area contributed by atoms with Crippen molar-refractivity contribution >= 4 is 82.5 Å². The van der Waals surface area contributed by atoms with Crippen molar-refractivity contribution < 1.29 is 0 Å². The lowest BCUT2D eigenvalue weighted by Gasteiger charge is -2.27. The summed E-state index contributed by atoms with van der Waals surface area (Å²) in [6, 6.07) is 44.5. The van der Waals surface area contributed by atoms with E-state index in [-0.39, 0.29) is 0 Å². The molecule has 182 valence electrons. The van der Waals surface area contributed by atoms with E-state index in [9.17, 15) is 0 Å². The van der Waals surface area contributed by atoms with Gasteiger partial charge in [-0.2, -0.15) is 0 Å². The molecule has 38 heavy (non-hydrogen) atoms. The predicted molar refractivity (Wildman–Crippen MR) is 167 cm³/mol. The Labute approximate surface area is 235 Å². The molecule has 0 saturated carbocycles. The second kappa shape index (κ2) is 9.49. The smallest absolute Gasteiger partial charge is 0.0554 e. The molecule has 0 aliphatic carbocycles. The Bertz CT molecular complexity index is 1940. The van der Waals surface area contributed by atoms with E-state index >= 15 is 0 Å². The first-order chi connectivity index (χ1) is 18.7. The number of rotatable bonds is 4. The van der Waals surface area contributed by atoms with Crippen LogP contribution in [0, 0.1) is 0 Å². The topological polar surface area (TPSA) is 3.24 Å². The predicted octanol–water partition coefficient (Wildman–Crippen LogP) is 11.7. The Hall–Kier alpha value is -3.82. The van der Waals surface area contributed by atoms with Crippen LogP contribution in [0.5, 0.6) is 0 Å². The lowest BCUT2D eigenvalue weighted by molar-refractivity contribution is 1.30. The second-order valence-corrected chi connectivity index (χ2v) is 11.2. The van der Waals surface area contributed by atoms with Gasteiger partial charge in [-0.3, -0.25) is 0 Å². The number of thiophene rings is 1. The standard InChI is InChI=1S/C34H21Cl2NS/c35-24-17-23(18-25(36)20-24)22-9-8-12-27(19-22)37(26-10-2-1-3-11-26)31-21-33-34(29-14-5-4-13-28(29)31)30-15-6-7-16-32(30)38-33/h1-21H. The molecule has 0 radical (unpaired) electrons. The molecule has 0 fully saturated rings. The normalized spacial score (nSPS) is 11.4. The van der Waals surface area contributed by atoms with Gasteiger partial charge in [-0.05, 0) is 71.1 Å². The molecule has 0 amide bonds. The van der Waals surface area contributed by atoms with Gasteiger partial charge in [0.25, 0.3) is 0 Å². The van der Waals surface area contributed by atoms with Crippen molar-refractivity contribution in [3.63, 3.8) is 0 Å². The van der Waals surface area contributed by atoms with Gasteiger partial charge < -0.3 is 4.90 Å². The number of para-hydroxylation sites is 1. The summed E-state index contributed by atoms with van der Waals surface area (Å²) in [4.78, 5) is 2.35. The van der Waals surface area contributed by atoms with Gasteiger partial charge in [0.15, 0.2) is 0 Å². The molecule has 1 nitrogen and oxygen atoms in total. The molecule has 7 rings (SSSR count). The molecular formula is C34H21Cl2NS. The molecule has 0 N–H and O–H groups in total. The van der Waals surface area contributed by atoms with Crippen LogP contribution < -0.4 is 4.90 Å². The van der Waals surface area contributed by atoms with E-state index < -0.39 is 0 Å². The van der Waals surface area contributed by atoms with Gasteiger partial charge in [0.1, 0.15) is 0 Å². The first-order valence-corrected chi connectivity index (χ1v) is 14.0. The first-order valence-electron chi connectivity index (χ1n) is 12.4. The number of fused-ring (bicyclic) bond motifs is 5. The molecule has 0 spiro atoms. The van der Waals surface area contributed by atoms with Crippen LogP contribution in [0.1, 0.15) is 0 Å². The zero-order valence-corrected chi connectivity index (χ0v) is 22.6. The lowest BCUT2D eigenvalue weighted by Crippen LogP contribution is -2.10. The van der Waals surface area contributed by atoms with Gasteiger partial charge in [-0.15, -0.1) is 11.3 Å². The van der Waals surface area contributed by atoms with E-state index in [0.29, 0.717) is 10.0 Å². The van der Waals surface area contributed by atoms with Gasteiger partial charge in [0.2, 0.25) is 0 Å². The summed E-state index contributed by atoms with van der Waals surface area (Å²) in [5, 5.41) is 6.35. The summed E-state index contributed by atoms with van der Waals surface area (Å²) >= 11 is 14.6. The summed E-state index contributed by atoms with van der Waals surface area (Å²) in [6.07, 6.45) is 0. The van der Waals surface area contributed by atoms with Crippen molar-refractivity contribution in [1.82, 2.24) is 0 Å². The SMILES string of the molecule is Clc1cc(Cl)cc(-c2cccc(N(c3ccccc3)c3cc4sc5ccccc5c4c4ccccc34)c2)c1. The average molecular weight is 547 g/mol. The highest BCUT2D eigenvalue weighted by molar-refractivity contribution is 7.26. The van der Waals surface area contributed by atoms with E-state index in [4.69, 9.17) is 23.2 Å². The van der Waals surface area contributed by atoms with Crippen LogP contribution in [0.15, 0.2) is 127 Å². The second-order valence-electron chi connectivity index (χ2n) is 9.29. The van der Waals surface area contributed by atoms with Crippen molar-refractivity contribution in [2.24, 2.45) is 0 Å². The molecule has 1 heterocycles. The van der Waals surface area contributed by atoms with Crippen LogP contribution in [-0.2, 0) is 0 Å². The molecule has 0 saturated heterocycles. The fourth-order valence-electron chi connectivity index (χ4n) is 5.30. The van der Waals surface area contributed by atoms with Crippen LogP contribution >= 0.6 is 34.5 Å². The van der Waals surface area contributed by atoms with E-state index in [1.165, 1.54) is 30.9 Å². The Morgan fingerprint density at radius 2 is 1.13 bits per heavy atom. The maximum absolute atomic E-state index is 6.35. The number of nitrogens with zero attached hydrogens (tertiary/aromatic N) is 1. The molecule has 4 heteroatoms. The average Bonchev–Trinajstić information content (AvgIpc) is 3.32. The fraction of sp³-hybridized carbons (Fsp3) is 0. The van der Waals surface area contributed by atoms with Crippen molar-refractivity contribution in [3.8, 4) is 11.1 Å². The van der Waals surface area contributed by atoms with Crippen molar-refractivity contribution in [2.45, 2.75) is 0 Å². The van der Waals surface area contributed by atoms with Crippen molar-refractivity contribution in [2.75, 3.05) is 4.90 Å². The van der Waals surface area contributed by atoms with E-state index in [1.54, 1.807) is 6.07 Å². The van der Waals surface area contributed by atoms with Gasteiger partial charge in [0.05, 0.1) is 5.69 Å². The number of hydrogen-bond acceptors (Lipinski definition) is 2. The van der Waals surface area contributed by atoms with Gasteiger partial charge in [-0.1, -0.05) is 96.0 Å². The molecule has 6 aromatic carbocycles. The van der Waals surface area contributed by atoms with Crippen LogP contribution in [0.25, 0.3) is 42.1 Å². The Morgan fingerprint density at radius 1 is 0.474 bits per heavy atom. The third kappa shape index (κ3) is 4.02. The monoisotopic (exact) mass is 545 g/mol. The number of benzene rings is 6. The summed E-state index contributed by atoms with van der Waals surface area (Å²) in [5.74, 6) is 0. The van der Waals surface area contributed by atoms with Gasteiger partial charge in [0, 0.05) is 47.0 Å². The molecule has 0 unspecified atom stereocenters. The highest BCUT2D eigenvalue weighted by atomic mass is 35.5. The Kier molecular flexibility index (Phi) is 5.82. The minimum atomic E-state index is 0.624. The highest BCUT2D eigenvalue weighted by Crippen LogP contribution is 2.46. The minimum absolute atomic E-state index is 0.624. The lowest BCUT2D eigenvalue weighted by atomic mass is 10.00. The van der Waals surface area contributed by atoms with Gasteiger partial charge in [-0.25, -0.2) is 0 Å². The third-order valence-electron chi connectivity index (χ3n) is 6.92. The molecule has 0 aliphatic rings. The van der Waals surface area contributed by atoms with Crippen LogP contribution in [-0.4, -0.2) is 0 Å². The molecular weight excluding hydrogens is 525 g/mol. The molecule has 0 bridgehead atoms. The van der Waals surface area contributed by atoms with Crippen molar-refractivity contribution in [1.29, 1.82) is 0 Å². The first kappa shape index (κ1) is 23.3. The Morgan fingerprint density at radius 3 is 1.92 bits per heavy atom. The summed E-state index contributed by atoms with van der Waals surface area (Å²) < 4.78 is 2.58. The number of anilines is 3. The summed E-state index contributed by atoms with van der Waals surface area (Å²) in [5.41, 5.74) is 5.35. The molecule has 0 aliphatic heterocycles. The Balaban J connectivity index is 1.52. The quantitative estimate of drug-likeness (QED) is 0.212. The van der Waals surface area contributed by atoms with Crippen LogP contribution in [0.2, 0.25) is 10.0 Å². The van der Waals surface area contributed by atoms with Crippen LogP contribution in [0.3, 0.4) is 0 Å². The third-order valence-corrected chi connectivity index (χ3v) is 8.47. The molecule has 0 atom stereocenters. The molecule has 7 aromatic rings. The fourth-order valence-corrected chi connectivity index (χ4v) is 6.99.